The van der Waals surface area contributed by atoms with Crippen LogP contribution in [0.4, 0.5) is 4.39 Å². The summed E-state index contributed by atoms with van der Waals surface area (Å²) >= 11 is 1.38. The van der Waals surface area contributed by atoms with Crippen LogP contribution < -0.4 is 5.32 Å². The summed E-state index contributed by atoms with van der Waals surface area (Å²) in [4.78, 5) is 18.2. The highest BCUT2D eigenvalue weighted by atomic mass is 32.1. The second kappa shape index (κ2) is 7.51. The molecular weight excluding hydrogens is 363 g/mol. The maximum atomic E-state index is 13.0. The number of amides is 1. The average molecular weight is 378 g/mol. The summed E-state index contributed by atoms with van der Waals surface area (Å²) in [5.74, 6) is 0.271. The van der Waals surface area contributed by atoms with Crippen molar-refractivity contribution in [1.82, 2.24) is 20.1 Å². The standard InChI is InChI=1S/C20H15FN4OS/c21-16-4-2-15(3-5-16)17-6-7-18(27-17)20(26)23-13-14-8-10-22-19(12-14)25-11-1-9-24-25/h1-12H,13H2,(H,23,26). The Morgan fingerprint density at radius 3 is 2.74 bits per heavy atom. The van der Waals surface area contributed by atoms with E-state index in [0.717, 1.165) is 16.0 Å². The van der Waals surface area contributed by atoms with Crippen molar-refractivity contribution >= 4 is 17.2 Å². The topological polar surface area (TPSA) is 59.8 Å². The van der Waals surface area contributed by atoms with Gasteiger partial charge in [0, 0.05) is 30.0 Å². The SMILES string of the molecule is O=C(NCc1ccnc(-n2cccn2)c1)c1ccc(-c2ccc(F)cc2)s1. The smallest absolute Gasteiger partial charge is 0.261 e. The van der Waals surface area contributed by atoms with E-state index >= 15 is 0 Å². The van der Waals surface area contributed by atoms with Crippen LogP contribution in [-0.4, -0.2) is 20.7 Å². The fourth-order valence-electron chi connectivity index (χ4n) is 2.60. The first-order valence-corrected chi connectivity index (χ1v) is 9.09. The van der Waals surface area contributed by atoms with Gasteiger partial charge in [0.2, 0.25) is 0 Å². The number of hydrogen-bond acceptors (Lipinski definition) is 4. The summed E-state index contributed by atoms with van der Waals surface area (Å²) < 4.78 is 14.7. The molecule has 0 bridgehead atoms. The van der Waals surface area contributed by atoms with Crippen molar-refractivity contribution < 1.29 is 9.18 Å². The zero-order chi connectivity index (χ0) is 18.6. The molecule has 4 rings (SSSR count). The van der Waals surface area contributed by atoms with Crippen LogP contribution in [0.3, 0.4) is 0 Å². The number of benzene rings is 1. The van der Waals surface area contributed by atoms with Crippen molar-refractivity contribution in [2.24, 2.45) is 0 Å². The van der Waals surface area contributed by atoms with Gasteiger partial charge in [-0.1, -0.05) is 12.1 Å². The molecule has 134 valence electrons. The second-order valence-corrected chi connectivity index (χ2v) is 6.91. The lowest BCUT2D eigenvalue weighted by Gasteiger charge is -2.06. The van der Waals surface area contributed by atoms with Crippen LogP contribution in [0.5, 0.6) is 0 Å². The summed E-state index contributed by atoms with van der Waals surface area (Å²) in [5, 5.41) is 7.07. The minimum absolute atomic E-state index is 0.147. The van der Waals surface area contributed by atoms with Gasteiger partial charge >= 0.3 is 0 Å². The molecule has 0 radical (unpaired) electrons. The number of rotatable bonds is 5. The molecule has 3 aromatic heterocycles. The Bertz CT molecular complexity index is 1060. The van der Waals surface area contributed by atoms with E-state index in [1.54, 1.807) is 35.3 Å². The number of nitrogens with one attached hydrogen (secondary N) is 1. The Balaban J connectivity index is 1.43. The number of pyridine rings is 1. The molecule has 4 aromatic rings. The molecule has 0 spiro atoms. The molecule has 27 heavy (non-hydrogen) atoms. The highest BCUT2D eigenvalue weighted by Crippen LogP contribution is 2.28. The van der Waals surface area contributed by atoms with Crippen molar-refractivity contribution in [3.8, 4) is 16.3 Å². The number of nitrogens with zero attached hydrogens (tertiary/aromatic N) is 3. The molecule has 1 amide bonds. The lowest BCUT2D eigenvalue weighted by Crippen LogP contribution is -2.21. The van der Waals surface area contributed by atoms with Crippen molar-refractivity contribution in [3.63, 3.8) is 0 Å². The normalized spacial score (nSPS) is 10.7. The van der Waals surface area contributed by atoms with E-state index < -0.39 is 0 Å². The quantitative estimate of drug-likeness (QED) is 0.570. The molecule has 1 aromatic carbocycles. The first kappa shape index (κ1) is 17.1. The van der Waals surface area contributed by atoms with Crippen LogP contribution in [0.15, 0.2) is 73.2 Å². The van der Waals surface area contributed by atoms with Gasteiger partial charge < -0.3 is 5.32 Å². The second-order valence-electron chi connectivity index (χ2n) is 5.83. The molecule has 0 atom stereocenters. The van der Waals surface area contributed by atoms with Crippen LogP contribution in [0.1, 0.15) is 15.2 Å². The fourth-order valence-corrected chi connectivity index (χ4v) is 3.53. The van der Waals surface area contributed by atoms with Crippen LogP contribution in [0.2, 0.25) is 0 Å². The number of carbonyl (C=O) groups is 1. The Morgan fingerprint density at radius 2 is 1.96 bits per heavy atom. The zero-order valence-electron chi connectivity index (χ0n) is 14.2. The third-order valence-corrected chi connectivity index (χ3v) is 5.09. The third kappa shape index (κ3) is 3.93. The van der Waals surface area contributed by atoms with E-state index in [1.807, 2.05) is 30.5 Å². The average Bonchev–Trinajstić information content (AvgIpc) is 3.39. The van der Waals surface area contributed by atoms with E-state index in [2.05, 4.69) is 15.4 Å². The summed E-state index contributed by atoms with van der Waals surface area (Å²) in [5.41, 5.74) is 1.82. The van der Waals surface area contributed by atoms with Gasteiger partial charge in [-0.3, -0.25) is 4.79 Å². The molecule has 0 unspecified atom stereocenters. The van der Waals surface area contributed by atoms with Gasteiger partial charge in [0.15, 0.2) is 5.82 Å². The molecule has 0 fully saturated rings. The van der Waals surface area contributed by atoms with E-state index in [0.29, 0.717) is 17.2 Å². The van der Waals surface area contributed by atoms with Gasteiger partial charge in [-0.05, 0) is 53.6 Å². The lowest BCUT2D eigenvalue weighted by molar-refractivity contribution is 0.0955. The highest BCUT2D eigenvalue weighted by molar-refractivity contribution is 7.17. The zero-order valence-corrected chi connectivity index (χ0v) is 15.0. The number of halogens is 1. The fraction of sp³-hybridized carbons (Fsp3) is 0.0500. The van der Waals surface area contributed by atoms with Crippen molar-refractivity contribution in [2.45, 2.75) is 6.54 Å². The largest absolute Gasteiger partial charge is 0.347 e. The van der Waals surface area contributed by atoms with E-state index in [-0.39, 0.29) is 11.7 Å². The lowest BCUT2D eigenvalue weighted by atomic mass is 10.2. The maximum Gasteiger partial charge on any atom is 0.261 e. The van der Waals surface area contributed by atoms with E-state index in [9.17, 15) is 9.18 Å². The monoisotopic (exact) mass is 378 g/mol. The van der Waals surface area contributed by atoms with Crippen LogP contribution in [0.25, 0.3) is 16.3 Å². The Hall–Kier alpha value is -3.32. The summed E-state index contributed by atoms with van der Waals surface area (Å²) in [6.07, 6.45) is 5.19. The molecule has 1 N–H and O–H groups in total. The van der Waals surface area contributed by atoms with Gasteiger partial charge in [-0.25, -0.2) is 14.1 Å². The predicted molar refractivity (Wildman–Crippen MR) is 102 cm³/mol. The molecule has 0 saturated carbocycles. The van der Waals surface area contributed by atoms with Gasteiger partial charge in [-0.15, -0.1) is 11.3 Å². The van der Waals surface area contributed by atoms with Crippen molar-refractivity contribution in [1.29, 1.82) is 0 Å². The molecule has 0 aliphatic rings. The van der Waals surface area contributed by atoms with Gasteiger partial charge in [0.25, 0.3) is 5.91 Å². The Kier molecular flexibility index (Phi) is 4.76. The van der Waals surface area contributed by atoms with Crippen LogP contribution in [-0.2, 0) is 6.54 Å². The van der Waals surface area contributed by atoms with E-state index in [1.165, 1.54) is 23.5 Å². The van der Waals surface area contributed by atoms with Gasteiger partial charge in [0.1, 0.15) is 5.82 Å². The van der Waals surface area contributed by atoms with Gasteiger partial charge in [0.05, 0.1) is 4.88 Å². The minimum atomic E-state index is -0.278. The molecule has 5 nitrogen and oxygen atoms in total. The Morgan fingerprint density at radius 1 is 1.11 bits per heavy atom. The maximum absolute atomic E-state index is 13.0. The summed E-state index contributed by atoms with van der Waals surface area (Å²) in [7, 11) is 0. The summed E-state index contributed by atoms with van der Waals surface area (Å²) in [6, 6.07) is 15.4. The third-order valence-electron chi connectivity index (χ3n) is 3.96. The molecule has 3 heterocycles. The number of thiophene rings is 1. The molecule has 0 aliphatic heterocycles. The first-order valence-electron chi connectivity index (χ1n) is 8.28. The Labute approximate surface area is 159 Å². The number of hydrogen-bond donors (Lipinski definition) is 1. The highest BCUT2D eigenvalue weighted by Gasteiger charge is 2.11. The predicted octanol–water partition coefficient (Wildman–Crippen LogP) is 4.06. The van der Waals surface area contributed by atoms with Crippen LogP contribution >= 0.6 is 11.3 Å². The van der Waals surface area contributed by atoms with E-state index in [4.69, 9.17) is 0 Å². The number of aromatic nitrogens is 3. The molecule has 7 heteroatoms. The molecule has 0 aliphatic carbocycles. The van der Waals surface area contributed by atoms with Crippen molar-refractivity contribution in [3.05, 3.63) is 89.4 Å². The van der Waals surface area contributed by atoms with Gasteiger partial charge in [-0.2, -0.15) is 5.10 Å². The molecular formula is C20H15FN4OS. The molecule has 0 saturated heterocycles. The summed E-state index contributed by atoms with van der Waals surface area (Å²) in [6.45, 7) is 0.388. The van der Waals surface area contributed by atoms with Crippen LogP contribution in [0, 0.1) is 5.82 Å². The first-order chi connectivity index (χ1) is 13.2. The minimum Gasteiger partial charge on any atom is -0.347 e. The van der Waals surface area contributed by atoms with Crippen molar-refractivity contribution in [2.75, 3.05) is 0 Å². The number of carbonyl (C=O) groups excluding carboxylic acids is 1.